The number of ether oxygens (including phenoxy) is 4. The maximum absolute atomic E-state index is 14.1. The largest absolute Gasteiger partial charge is 0.497 e. The number of nitrogens with one attached hydrogen (secondary N) is 2. The van der Waals surface area contributed by atoms with Gasteiger partial charge in [0.25, 0.3) is 15.9 Å². The van der Waals surface area contributed by atoms with Crippen molar-refractivity contribution >= 4 is 33.2 Å². The van der Waals surface area contributed by atoms with Crippen LogP contribution in [0.4, 0.5) is 11.4 Å². The van der Waals surface area contributed by atoms with Gasteiger partial charge >= 0.3 is 0 Å². The molecule has 0 aliphatic rings. The van der Waals surface area contributed by atoms with E-state index in [2.05, 4.69) is 10.6 Å². The number of benzene rings is 3. The minimum atomic E-state index is -4.41. The van der Waals surface area contributed by atoms with Crippen molar-refractivity contribution < 1.29 is 41.4 Å². The molecule has 0 bridgehead atoms. The molecule has 0 unspecified atom stereocenters. The fraction of sp³-hybridized carbons (Fsp3) is 0.200. The van der Waals surface area contributed by atoms with E-state index < -0.39 is 28.4 Å². The highest BCUT2D eigenvalue weighted by Gasteiger charge is 2.31. The molecule has 0 spiro atoms. The van der Waals surface area contributed by atoms with Crippen molar-refractivity contribution in [2.45, 2.75) is 11.4 Å². The van der Waals surface area contributed by atoms with Crippen LogP contribution in [0.3, 0.4) is 0 Å². The van der Waals surface area contributed by atoms with E-state index in [1.807, 2.05) is 0 Å². The summed E-state index contributed by atoms with van der Waals surface area (Å²) < 4.78 is 55.7. The Labute approximate surface area is 249 Å². The zero-order valence-corrected chi connectivity index (χ0v) is 24.8. The van der Waals surface area contributed by atoms with Crippen LogP contribution in [0.2, 0.25) is 0 Å². The Kier molecular flexibility index (Phi) is 9.78. The highest BCUT2D eigenvalue weighted by Crippen LogP contribution is 2.37. The first-order valence-electron chi connectivity index (χ1n) is 12.9. The van der Waals surface area contributed by atoms with E-state index >= 15 is 0 Å². The highest BCUT2D eigenvalue weighted by atomic mass is 32.2. The molecule has 4 aromatic rings. The van der Waals surface area contributed by atoms with E-state index in [0.717, 1.165) is 4.31 Å². The Morgan fingerprint density at radius 2 is 1.53 bits per heavy atom. The Balaban J connectivity index is 1.69. The lowest BCUT2D eigenvalue weighted by Gasteiger charge is -2.26. The Morgan fingerprint density at radius 3 is 2.21 bits per heavy atom. The van der Waals surface area contributed by atoms with Crippen molar-refractivity contribution in [1.29, 1.82) is 0 Å². The van der Waals surface area contributed by atoms with Crippen molar-refractivity contribution in [3.63, 3.8) is 0 Å². The zero-order chi connectivity index (χ0) is 31.0. The fourth-order valence-corrected chi connectivity index (χ4v) is 5.62. The van der Waals surface area contributed by atoms with Gasteiger partial charge in [-0.3, -0.25) is 13.9 Å². The lowest BCUT2D eigenvalue weighted by atomic mass is 10.1. The third kappa shape index (κ3) is 7.01. The number of hydrogen-bond donors (Lipinski definition) is 2. The second-order valence-corrected chi connectivity index (χ2v) is 10.8. The number of amides is 2. The van der Waals surface area contributed by atoms with Gasteiger partial charge < -0.3 is 34.0 Å². The fourth-order valence-electron chi connectivity index (χ4n) is 4.18. The minimum Gasteiger partial charge on any atom is -0.497 e. The number of para-hydroxylation sites is 1. The van der Waals surface area contributed by atoms with Gasteiger partial charge in [-0.05, 0) is 48.5 Å². The summed E-state index contributed by atoms with van der Waals surface area (Å²) in [6.07, 6.45) is 1.49. The molecule has 0 fully saturated rings. The number of carbonyl (C=O) groups is 2. The number of carbonyl (C=O) groups excluding carboxylic acids is 2. The first-order chi connectivity index (χ1) is 20.7. The van der Waals surface area contributed by atoms with E-state index in [9.17, 15) is 18.0 Å². The molecule has 2 N–H and O–H groups in total. The van der Waals surface area contributed by atoms with Gasteiger partial charge in [0.05, 0.1) is 63.1 Å². The van der Waals surface area contributed by atoms with Crippen LogP contribution in [-0.2, 0) is 21.4 Å². The molecule has 3 aromatic carbocycles. The van der Waals surface area contributed by atoms with Crippen LogP contribution >= 0.6 is 0 Å². The van der Waals surface area contributed by atoms with E-state index in [4.69, 9.17) is 23.4 Å². The minimum absolute atomic E-state index is 0.0521. The smallest absolute Gasteiger partial charge is 0.265 e. The third-order valence-electron chi connectivity index (χ3n) is 6.33. The number of nitrogens with zero attached hydrogens (tertiary/aromatic N) is 1. The number of methoxy groups -OCH3 is 4. The van der Waals surface area contributed by atoms with Gasteiger partial charge in [-0.25, -0.2) is 8.42 Å². The molecule has 0 atom stereocenters. The molecule has 0 aliphatic heterocycles. The Bertz CT molecular complexity index is 1690. The van der Waals surface area contributed by atoms with Crippen LogP contribution < -0.4 is 33.9 Å². The number of sulfonamides is 1. The predicted octanol–water partition coefficient (Wildman–Crippen LogP) is 4.08. The molecule has 0 aliphatic carbocycles. The zero-order valence-electron chi connectivity index (χ0n) is 23.9. The summed E-state index contributed by atoms with van der Waals surface area (Å²) in [5.74, 6) is 0.388. The maximum atomic E-state index is 14.1. The number of anilines is 2. The van der Waals surface area contributed by atoms with E-state index in [0.29, 0.717) is 17.3 Å². The van der Waals surface area contributed by atoms with Crippen LogP contribution in [0.5, 0.6) is 23.0 Å². The lowest BCUT2D eigenvalue weighted by Crippen LogP contribution is -2.38. The second-order valence-electron chi connectivity index (χ2n) is 8.92. The van der Waals surface area contributed by atoms with E-state index in [-0.39, 0.29) is 39.9 Å². The molecule has 0 saturated carbocycles. The SMILES string of the molecule is COc1ccc(OC)c(N(CC(=O)Nc2ccccc2C(=O)NCc2ccco2)S(=O)(=O)c2ccc(OC)c(OC)c2)c1. The second kappa shape index (κ2) is 13.7. The van der Waals surface area contributed by atoms with Crippen molar-refractivity contribution in [2.75, 3.05) is 44.6 Å². The lowest BCUT2D eigenvalue weighted by molar-refractivity contribution is -0.114. The van der Waals surface area contributed by atoms with Gasteiger partial charge in [0.1, 0.15) is 23.8 Å². The monoisotopic (exact) mass is 609 g/mol. The van der Waals surface area contributed by atoms with Gasteiger partial charge in [-0.2, -0.15) is 0 Å². The molecule has 13 heteroatoms. The highest BCUT2D eigenvalue weighted by molar-refractivity contribution is 7.92. The normalized spacial score (nSPS) is 10.9. The molecular weight excluding hydrogens is 578 g/mol. The van der Waals surface area contributed by atoms with E-state index in [1.165, 1.54) is 71.1 Å². The molecule has 0 saturated heterocycles. The average molecular weight is 610 g/mol. The van der Waals surface area contributed by atoms with Crippen LogP contribution in [0.15, 0.2) is 88.4 Å². The molecule has 226 valence electrons. The topological polar surface area (TPSA) is 146 Å². The van der Waals surface area contributed by atoms with Gasteiger partial charge in [0, 0.05) is 12.1 Å². The average Bonchev–Trinajstić information content (AvgIpc) is 3.55. The van der Waals surface area contributed by atoms with Crippen molar-refractivity contribution in [3.05, 3.63) is 90.4 Å². The Hall–Kier alpha value is -5.17. The van der Waals surface area contributed by atoms with Gasteiger partial charge in [0.2, 0.25) is 5.91 Å². The standard InChI is InChI=1S/C30H31N3O9S/c1-38-20-11-13-26(39-2)25(16-20)33(43(36,37)22-12-14-27(40-3)28(17-22)41-4)19-29(34)32-24-10-6-5-9-23(24)30(35)31-18-21-8-7-15-42-21/h5-17H,18-19H2,1-4H3,(H,31,35)(H,32,34). The Morgan fingerprint density at radius 1 is 0.814 bits per heavy atom. The van der Waals surface area contributed by atoms with Gasteiger partial charge in [-0.1, -0.05) is 12.1 Å². The summed E-state index contributed by atoms with van der Waals surface area (Å²) in [5, 5.41) is 5.40. The molecule has 4 rings (SSSR count). The van der Waals surface area contributed by atoms with Crippen molar-refractivity contribution in [2.24, 2.45) is 0 Å². The number of hydrogen-bond acceptors (Lipinski definition) is 9. The molecule has 2 amide bonds. The van der Waals surface area contributed by atoms with Crippen LogP contribution in [0.25, 0.3) is 0 Å². The van der Waals surface area contributed by atoms with Crippen LogP contribution in [-0.4, -0.2) is 55.2 Å². The van der Waals surface area contributed by atoms with Gasteiger partial charge in [-0.15, -0.1) is 0 Å². The summed E-state index contributed by atoms with van der Waals surface area (Å²) in [6, 6.07) is 18.4. The molecule has 0 radical (unpaired) electrons. The molecule has 1 aromatic heterocycles. The summed E-state index contributed by atoms with van der Waals surface area (Å²) in [7, 11) is 1.22. The third-order valence-corrected chi connectivity index (χ3v) is 8.09. The van der Waals surface area contributed by atoms with Crippen LogP contribution in [0.1, 0.15) is 16.1 Å². The maximum Gasteiger partial charge on any atom is 0.265 e. The summed E-state index contributed by atoms with van der Waals surface area (Å²) in [4.78, 5) is 26.3. The van der Waals surface area contributed by atoms with Crippen molar-refractivity contribution in [1.82, 2.24) is 5.32 Å². The summed E-state index contributed by atoms with van der Waals surface area (Å²) in [5.41, 5.74) is 0.414. The quantitative estimate of drug-likeness (QED) is 0.229. The molecule has 43 heavy (non-hydrogen) atoms. The first-order valence-corrected chi connectivity index (χ1v) is 14.3. The first kappa shape index (κ1) is 30.8. The summed E-state index contributed by atoms with van der Waals surface area (Å²) in [6.45, 7) is -0.538. The van der Waals surface area contributed by atoms with E-state index in [1.54, 1.807) is 36.4 Å². The molecule has 1 heterocycles. The van der Waals surface area contributed by atoms with Crippen molar-refractivity contribution in [3.8, 4) is 23.0 Å². The predicted molar refractivity (Wildman–Crippen MR) is 159 cm³/mol. The summed E-state index contributed by atoms with van der Waals surface area (Å²) >= 11 is 0. The molecule has 12 nitrogen and oxygen atoms in total. The molecular formula is C30H31N3O9S. The van der Waals surface area contributed by atoms with Crippen LogP contribution in [0, 0.1) is 0 Å². The number of furan rings is 1. The van der Waals surface area contributed by atoms with Gasteiger partial charge in [0.15, 0.2) is 11.5 Å². The number of rotatable bonds is 13.